The lowest BCUT2D eigenvalue weighted by Crippen LogP contribution is -2.31. The normalized spacial score (nSPS) is 13.9. The van der Waals surface area contributed by atoms with Crippen molar-refractivity contribution in [1.82, 2.24) is 5.32 Å². The van der Waals surface area contributed by atoms with Crippen LogP contribution >= 0.6 is 0 Å². The number of hydrogen-bond acceptors (Lipinski definition) is 2. The molecular formula is C17H19F2NO. The summed E-state index contributed by atoms with van der Waals surface area (Å²) in [6.07, 6.45) is 0.738. The molecule has 0 saturated heterocycles. The standard InChI is InChI=1S/C17H19F2NO/c1-11(9-13-3-6-15(21)7-4-13)20-12(2)16-10-14(18)5-8-17(16)19/h3-8,10-12,20-21H,9H2,1-2H3. The molecule has 2 aromatic rings. The van der Waals surface area contributed by atoms with Gasteiger partial charge < -0.3 is 10.4 Å². The molecule has 112 valence electrons. The van der Waals surface area contributed by atoms with Crippen LogP contribution in [-0.4, -0.2) is 11.1 Å². The largest absolute Gasteiger partial charge is 0.508 e. The predicted octanol–water partition coefficient (Wildman–Crippen LogP) is 3.95. The highest BCUT2D eigenvalue weighted by molar-refractivity contribution is 5.26. The van der Waals surface area contributed by atoms with E-state index in [0.717, 1.165) is 24.1 Å². The molecule has 0 heterocycles. The van der Waals surface area contributed by atoms with Gasteiger partial charge in [0.15, 0.2) is 0 Å². The molecule has 0 radical (unpaired) electrons. The molecule has 0 aliphatic carbocycles. The maximum Gasteiger partial charge on any atom is 0.128 e. The molecule has 0 aliphatic heterocycles. The summed E-state index contributed by atoms with van der Waals surface area (Å²) < 4.78 is 26.9. The van der Waals surface area contributed by atoms with Crippen molar-refractivity contribution in [3.05, 3.63) is 65.2 Å². The van der Waals surface area contributed by atoms with Crippen LogP contribution < -0.4 is 5.32 Å². The van der Waals surface area contributed by atoms with Crippen LogP contribution in [0.15, 0.2) is 42.5 Å². The lowest BCUT2D eigenvalue weighted by atomic mass is 10.0. The van der Waals surface area contributed by atoms with Crippen molar-refractivity contribution in [3.63, 3.8) is 0 Å². The predicted molar refractivity (Wildman–Crippen MR) is 79.2 cm³/mol. The number of rotatable bonds is 5. The van der Waals surface area contributed by atoms with Gasteiger partial charge in [-0.25, -0.2) is 8.78 Å². The molecule has 0 amide bonds. The van der Waals surface area contributed by atoms with Crippen LogP contribution in [0.4, 0.5) is 8.78 Å². The van der Waals surface area contributed by atoms with Gasteiger partial charge in [0.2, 0.25) is 0 Å². The molecule has 0 bridgehead atoms. The first-order valence-electron chi connectivity index (χ1n) is 6.94. The Bertz CT molecular complexity index is 598. The Kier molecular flexibility index (Phi) is 4.91. The number of aromatic hydroxyl groups is 1. The van der Waals surface area contributed by atoms with Gasteiger partial charge in [0.25, 0.3) is 0 Å². The van der Waals surface area contributed by atoms with E-state index in [1.807, 2.05) is 26.0 Å². The van der Waals surface area contributed by atoms with Crippen LogP contribution in [0.5, 0.6) is 5.75 Å². The summed E-state index contributed by atoms with van der Waals surface area (Å²) in [5.74, 6) is -0.617. The van der Waals surface area contributed by atoms with Crippen LogP contribution in [0.3, 0.4) is 0 Å². The molecule has 21 heavy (non-hydrogen) atoms. The Balaban J connectivity index is 2.00. The minimum atomic E-state index is -0.439. The number of benzene rings is 2. The van der Waals surface area contributed by atoms with Gasteiger partial charge in [-0.3, -0.25) is 0 Å². The Morgan fingerprint density at radius 2 is 1.71 bits per heavy atom. The molecule has 2 nitrogen and oxygen atoms in total. The minimum absolute atomic E-state index is 0.0900. The molecule has 2 N–H and O–H groups in total. The fourth-order valence-corrected chi connectivity index (χ4v) is 2.41. The topological polar surface area (TPSA) is 32.3 Å². The fourth-order valence-electron chi connectivity index (χ4n) is 2.41. The second-order valence-corrected chi connectivity index (χ2v) is 5.33. The zero-order valence-electron chi connectivity index (χ0n) is 12.1. The number of phenols is 1. The second kappa shape index (κ2) is 6.68. The summed E-state index contributed by atoms with van der Waals surface area (Å²) in [4.78, 5) is 0. The molecule has 2 atom stereocenters. The third-order valence-electron chi connectivity index (χ3n) is 3.44. The first kappa shape index (κ1) is 15.4. The average Bonchev–Trinajstić information content (AvgIpc) is 2.44. The van der Waals surface area contributed by atoms with E-state index in [1.165, 1.54) is 6.07 Å². The molecule has 2 unspecified atom stereocenters. The number of nitrogens with one attached hydrogen (secondary N) is 1. The molecule has 0 aromatic heterocycles. The lowest BCUT2D eigenvalue weighted by molar-refractivity contribution is 0.456. The number of hydrogen-bond donors (Lipinski definition) is 2. The summed E-state index contributed by atoms with van der Waals surface area (Å²) in [6.45, 7) is 3.80. The van der Waals surface area contributed by atoms with Crippen molar-refractivity contribution in [2.45, 2.75) is 32.4 Å². The maximum atomic E-state index is 13.7. The summed E-state index contributed by atoms with van der Waals surface area (Å²) in [5, 5.41) is 12.5. The van der Waals surface area contributed by atoms with Crippen molar-refractivity contribution >= 4 is 0 Å². The van der Waals surface area contributed by atoms with E-state index >= 15 is 0 Å². The van der Waals surface area contributed by atoms with E-state index in [-0.39, 0.29) is 17.8 Å². The van der Waals surface area contributed by atoms with E-state index < -0.39 is 11.6 Å². The monoisotopic (exact) mass is 291 g/mol. The van der Waals surface area contributed by atoms with Crippen molar-refractivity contribution in [3.8, 4) is 5.75 Å². The highest BCUT2D eigenvalue weighted by Crippen LogP contribution is 2.19. The summed E-state index contributed by atoms with van der Waals surface area (Å²) in [6, 6.07) is 10.3. The molecule has 2 aromatic carbocycles. The van der Waals surface area contributed by atoms with E-state index in [9.17, 15) is 13.9 Å². The highest BCUT2D eigenvalue weighted by atomic mass is 19.1. The second-order valence-electron chi connectivity index (χ2n) is 5.33. The summed E-state index contributed by atoms with van der Waals surface area (Å²) in [5.41, 5.74) is 1.40. The lowest BCUT2D eigenvalue weighted by Gasteiger charge is -2.21. The molecule has 0 fully saturated rings. The average molecular weight is 291 g/mol. The first-order valence-corrected chi connectivity index (χ1v) is 6.94. The molecule has 0 saturated carbocycles. The SMILES string of the molecule is CC(Cc1ccc(O)cc1)NC(C)c1cc(F)ccc1F. The van der Waals surface area contributed by atoms with E-state index in [4.69, 9.17) is 0 Å². The van der Waals surface area contributed by atoms with Crippen molar-refractivity contribution in [2.24, 2.45) is 0 Å². The molecule has 0 spiro atoms. The molecule has 4 heteroatoms. The van der Waals surface area contributed by atoms with Gasteiger partial charge in [0, 0.05) is 17.6 Å². The van der Waals surface area contributed by atoms with Crippen LogP contribution in [0.2, 0.25) is 0 Å². The van der Waals surface area contributed by atoms with Crippen LogP contribution in [0.25, 0.3) is 0 Å². The summed E-state index contributed by atoms with van der Waals surface area (Å²) in [7, 11) is 0. The Morgan fingerprint density at radius 3 is 2.38 bits per heavy atom. The molecular weight excluding hydrogens is 272 g/mol. The Hall–Kier alpha value is -1.94. The van der Waals surface area contributed by atoms with Gasteiger partial charge in [-0.1, -0.05) is 12.1 Å². The quantitative estimate of drug-likeness (QED) is 0.874. The van der Waals surface area contributed by atoms with Crippen molar-refractivity contribution in [1.29, 1.82) is 0 Å². The van der Waals surface area contributed by atoms with Gasteiger partial charge in [0.1, 0.15) is 17.4 Å². The van der Waals surface area contributed by atoms with Crippen LogP contribution in [0.1, 0.15) is 31.0 Å². The van der Waals surface area contributed by atoms with Crippen molar-refractivity contribution < 1.29 is 13.9 Å². The van der Waals surface area contributed by atoms with Gasteiger partial charge in [-0.05, 0) is 56.2 Å². The Labute approximate surface area is 123 Å². The summed E-state index contributed by atoms with van der Waals surface area (Å²) >= 11 is 0. The number of phenolic OH excluding ortho intramolecular Hbond substituents is 1. The van der Waals surface area contributed by atoms with E-state index in [0.29, 0.717) is 5.56 Å². The maximum absolute atomic E-state index is 13.7. The third-order valence-corrected chi connectivity index (χ3v) is 3.44. The number of halogens is 2. The van der Waals surface area contributed by atoms with Gasteiger partial charge in [-0.2, -0.15) is 0 Å². The zero-order chi connectivity index (χ0) is 15.4. The Morgan fingerprint density at radius 1 is 1.05 bits per heavy atom. The zero-order valence-corrected chi connectivity index (χ0v) is 12.1. The molecule has 0 aliphatic rings. The molecule has 2 rings (SSSR count). The highest BCUT2D eigenvalue weighted by Gasteiger charge is 2.14. The van der Waals surface area contributed by atoms with Gasteiger partial charge >= 0.3 is 0 Å². The first-order chi connectivity index (χ1) is 9.95. The van der Waals surface area contributed by atoms with Crippen LogP contribution in [0, 0.1) is 11.6 Å². The van der Waals surface area contributed by atoms with E-state index in [1.54, 1.807) is 12.1 Å². The van der Waals surface area contributed by atoms with Crippen molar-refractivity contribution in [2.75, 3.05) is 0 Å². The smallest absolute Gasteiger partial charge is 0.128 e. The fraction of sp³-hybridized carbons (Fsp3) is 0.294. The van der Waals surface area contributed by atoms with Gasteiger partial charge in [-0.15, -0.1) is 0 Å². The minimum Gasteiger partial charge on any atom is -0.508 e. The third kappa shape index (κ3) is 4.26. The van der Waals surface area contributed by atoms with E-state index in [2.05, 4.69) is 5.32 Å². The van der Waals surface area contributed by atoms with Gasteiger partial charge in [0.05, 0.1) is 0 Å². The van der Waals surface area contributed by atoms with Crippen LogP contribution in [-0.2, 0) is 6.42 Å².